The van der Waals surface area contributed by atoms with E-state index in [-0.39, 0.29) is 17.0 Å². The standard InChI is InChI=1S/C12H9ClFN3OS/c13-9-3-6(14)1-2-7(9)11-8-4-15-17-12(8)16-10(18)5-19-11/h1-4,11H,5H2,(H2,15,16,17,18)/t11-/m0/s1. The average molecular weight is 298 g/mol. The van der Waals surface area contributed by atoms with Crippen LogP contribution >= 0.6 is 23.4 Å². The van der Waals surface area contributed by atoms with Crippen molar-refractivity contribution < 1.29 is 9.18 Å². The first-order valence-electron chi connectivity index (χ1n) is 5.55. The largest absolute Gasteiger partial charge is 0.310 e. The van der Waals surface area contributed by atoms with Crippen molar-refractivity contribution in [3.8, 4) is 0 Å². The molecule has 4 nitrogen and oxygen atoms in total. The lowest BCUT2D eigenvalue weighted by Crippen LogP contribution is -2.12. The Balaban J connectivity index is 2.08. The number of anilines is 1. The lowest BCUT2D eigenvalue weighted by atomic mass is 10.1. The van der Waals surface area contributed by atoms with E-state index in [1.54, 1.807) is 12.3 Å². The molecule has 0 radical (unpaired) electrons. The number of aromatic nitrogens is 2. The van der Waals surface area contributed by atoms with Crippen molar-refractivity contribution in [1.82, 2.24) is 10.2 Å². The highest BCUT2D eigenvalue weighted by molar-refractivity contribution is 8.00. The zero-order chi connectivity index (χ0) is 13.4. The van der Waals surface area contributed by atoms with Crippen molar-refractivity contribution >= 4 is 35.1 Å². The smallest absolute Gasteiger partial charge is 0.235 e. The number of nitrogens with zero attached hydrogens (tertiary/aromatic N) is 1. The fraction of sp³-hybridized carbons (Fsp3) is 0.167. The van der Waals surface area contributed by atoms with Crippen LogP contribution in [0.5, 0.6) is 0 Å². The number of aromatic amines is 1. The maximum Gasteiger partial charge on any atom is 0.235 e. The Hall–Kier alpha value is -1.53. The van der Waals surface area contributed by atoms with Gasteiger partial charge in [-0.25, -0.2) is 4.39 Å². The zero-order valence-corrected chi connectivity index (χ0v) is 11.2. The molecule has 98 valence electrons. The van der Waals surface area contributed by atoms with E-state index in [2.05, 4.69) is 15.5 Å². The quantitative estimate of drug-likeness (QED) is 0.851. The van der Waals surface area contributed by atoms with Crippen LogP contribution in [0.2, 0.25) is 5.02 Å². The number of carbonyl (C=O) groups excluding carboxylic acids is 1. The van der Waals surface area contributed by atoms with Crippen LogP contribution in [0.3, 0.4) is 0 Å². The van der Waals surface area contributed by atoms with Gasteiger partial charge in [0.1, 0.15) is 11.6 Å². The Morgan fingerprint density at radius 1 is 1.42 bits per heavy atom. The molecule has 0 bridgehead atoms. The van der Waals surface area contributed by atoms with E-state index in [4.69, 9.17) is 11.6 Å². The third kappa shape index (κ3) is 2.33. The van der Waals surface area contributed by atoms with Crippen LogP contribution < -0.4 is 5.32 Å². The number of rotatable bonds is 1. The highest BCUT2D eigenvalue weighted by Crippen LogP contribution is 2.42. The monoisotopic (exact) mass is 297 g/mol. The second kappa shape index (κ2) is 4.86. The first kappa shape index (κ1) is 12.5. The summed E-state index contributed by atoms with van der Waals surface area (Å²) in [6.07, 6.45) is 1.65. The maximum atomic E-state index is 13.1. The molecule has 1 aromatic heterocycles. The molecule has 2 N–H and O–H groups in total. The summed E-state index contributed by atoms with van der Waals surface area (Å²) >= 11 is 7.53. The molecule has 7 heteroatoms. The second-order valence-corrected chi connectivity index (χ2v) is 5.61. The fourth-order valence-electron chi connectivity index (χ4n) is 1.99. The van der Waals surface area contributed by atoms with Gasteiger partial charge in [0, 0.05) is 10.6 Å². The van der Waals surface area contributed by atoms with E-state index < -0.39 is 0 Å². The number of H-pyrrole nitrogens is 1. The van der Waals surface area contributed by atoms with Gasteiger partial charge in [0.25, 0.3) is 0 Å². The van der Waals surface area contributed by atoms with E-state index in [9.17, 15) is 9.18 Å². The molecule has 0 unspecified atom stereocenters. The Morgan fingerprint density at radius 2 is 2.26 bits per heavy atom. The number of fused-ring (bicyclic) bond motifs is 1. The molecule has 0 spiro atoms. The predicted octanol–water partition coefficient (Wildman–Crippen LogP) is 2.98. The Kier molecular flexibility index (Phi) is 3.20. The van der Waals surface area contributed by atoms with Crippen LogP contribution in [-0.4, -0.2) is 21.9 Å². The molecule has 19 heavy (non-hydrogen) atoms. The molecular formula is C12H9ClFN3OS. The summed E-state index contributed by atoms with van der Waals surface area (Å²) in [5.41, 5.74) is 1.61. The van der Waals surface area contributed by atoms with Crippen molar-refractivity contribution in [2.24, 2.45) is 0 Å². The van der Waals surface area contributed by atoms with Gasteiger partial charge in [0.2, 0.25) is 5.91 Å². The van der Waals surface area contributed by atoms with Crippen molar-refractivity contribution in [3.05, 3.63) is 46.4 Å². The lowest BCUT2D eigenvalue weighted by Gasteiger charge is -2.15. The molecule has 2 aromatic rings. The molecule has 0 aliphatic carbocycles. The Bertz CT molecular complexity index is 646. The third-order valence-corrected chi connectivity index (χ3v) is 4.44. The summed E-state index contributed by atoms with van der Waals surface area (Å²) in [6.45, 7) is 0. The number of hydrogen-bond donors (Lipinski definition) is 2. The maximum absolute atomic E-state index is 13.1. The van der Waals surface area contributed by atoms with Gasteiger partial charge in [-0.2, -0.15) is 5.10 Å². The number of amides is 1. The van der Waals surface area contributed by atoms with Crippen LogP contribution in [0, 0.1) is 5.82 Å². The summed E-state index contributed by atoms with van der Waals surface area (Å²) in [6, 6.07) is 4.28. The molecule has 1 aromatic carbocycles. The van der Waals surface area contributed by atoms with E-state index in [0.717, 1.165) is 11.1 Å². The Morgan fingerprint density at radius 3 is 3.05 bits per heavy atom. The van der Waals surface area contributed by atoms with Crippen LogP contribution in [0.25, 0.3) is 0 Å². The molecule has 1 aliphatic heterocycles. The number of hydrogen-bond acceptors (Lipinski definition) is 3. The van der Waals surface area contributed by atoms with Crippen molar-refractivity contribution in [2.75, 3.05) is 11.1 Å². The first-order chi connectivity index (χ1) is 9.15. The van der Waals surface area contributed by atoms with Gasteiger partial charge in [-0.3, -0.25) is 9.89 Å². The number of nitrogens with one attached hydrogen (secondary N) is 2. The van der Waals surface area contributed by atoms with Gasteiger partial charge in [-0.1, -0.05) is 17.7 Å². The normalized spacial score (nSPS) is 18.6. The minimum Gasteiger partial charge on any atom is -0.310 e. The topological polar surface area (TPSA) is 57.8 Å². The van der Waals surface area contributed by atoms with E-state index in [1.807, 2.05) is 0 Å². The van der Waals surface area contributed by atoms with Gasteiger partial charge in [-0.15, -0.1) is 11.8 Å². The van der Waals surface area contributed by atoms with E-state index >= 15 is 0 Å². The molecular weight excluding hydrogens is 289 g/mol. The molecule has 1 atom stereocenters. The summed E-state index contributed by atoms with van der Waals surface area (Å²) in [7, 11) is 0. The van der Waals surface area contributed by atoms with Gasteiger partial charge in [-0.05, 0) is 17.7 Å². The van der Waals surface area contributed by atoms with Crippen molar-refractivity contribution in [3.63, 3.8) is 0 Å². The number of carbonyl (C=O) groups is 1. The summed E-state index contributed by atoms with van der Waals surface area (Å²) in [5.74, 6) is 0.395. The van der Waals surface area contributed by atoms with Crippen LogP contribution in [0.1, 0.15) is 16.4 Å². The van der Waals surface area contributed by atoms with Crippen LogP contribution in [0.4, 0.5) is 10.2 Å². The fourth-order valence-corrected chi connectivity index (χ4v) is 3.46. The first-order valence-corrected chi connectivity index (χ1v) is 6.97. The van der Waals surface area contributed by atoms with E-state index in [0.29, 0.717) is 16.6 Å². The van der Waals surface area contributed by atoms with Gasteiger partial charge < -0.3 is 5.32 Å². The molecule has 1 aliphatic rings. The molecule has 2 heterocycles. The highest BCUT2D eigenvalue weighted by atomic mass is 35.5. The minimum atomic E-state index is -0.381. The number of thioether (sulfide) groups is 1. The second-order valence-electron chi connectivity index (χ2n) is 4.11. The molecule has 0 saturated heterocycles. The number of halogens is 2. The summed E-state index contributed by atoms with van der Waals surface area (Å²) < 4.78 is 13.1. The molecule has 1 amide bonds. The summed E-state index contributed by atoms with van der Waals surface area (Å²) in [5, 5.41) is 9.61. The van der Waals surface area contributed by atoms with Crippen molar-refractivity contribution in [1.29, 1.82) is 0 Å². The molecule has 0 saturated carbocycles. The zero-order valence-electron chi connectivity index (χ0n) is 9.61. The minimum absolute atomic E-state index is 0.101. The molecule has 3 rings (SSSR count). The van der Waals surface area contributed by atoms with Crippen LogP contribution in [-0.2, 0) is 4.79 Å². The third-order valence-electron chi connectivity index (χ3n) is 2.84. The van der Waals surface area contributed by atoms with Gasteiger partial charge in [0.15, 0.2) is 0 Å². The summed E-state index contributed by atoms with van der Waals surface area (Å²) in [4.78, 5) is 11.6. The number of benzene rings is 1. The molecule has 0 fully saturated rings. The van der Waals surface area contributed by atoms with Gasteiger partial charge >= 0.3 is 0 Å². The van der Waals surface area contributed by atoms with Crippen LogP contribution in [0.15, 0.2) is 24.4 Å². The van der Waals surface area contributed by atoms with E-state index in [1.165, 1.54) is 23.9 Å². The highest BCUT2D eigenvalue weighted by Gasteiger charge is 2.27. The predicted molar refractivity (Wildman–Crippen MR) is 72.9 cm³/mol. The SMILES string of the molecule is O=C1CS[C@@H](c2ccc(F)cc2Cl)c2cn[nH]c2N1. The van der Waals surface area contributed by atoms with Gasteiger partial charge in [0.05, 0.1) is 17.2 Å². The average Bonchev–Trinajstić information content (AvgIpc) is 2.74. The Labute approximate surface area is 117 Å². The van der Waals surface area contributed by atoms with Crippen molar-refractivity contribution in [2.45, 2.75) is 5.25 Å². The lowest BCUT2D eigenvalue weighted by molar-refractivity contribution is -0.113.